The highest BCUT2D eigenvalue weighted by atomic mass is 32.1. The lowest BCUT2D eigenvalue weighted by Crippen LogP contribution is -2.10. The van der Waals surface area contributed by atoms with Crippen molar-refractivity contribution in [2.45, 2.75) is 32.7 Å². The first-order chi connectivity index (χ1) is 8.24. The molecule has 0 aliphatic heterocycles. The summed E-state index contributed by atoms with van der Waals surface area (Å²) in [6.45, 7) is 4.30. The van der Waals surface area contributed by atoms with Gasteiger partial charge in [0, 0.05) is 6.42 Å². The lowest BCUT2D eigenvalue weighted by atomic mass is 10.1. The molecule has 1 heterocycles. The molecule has 1 atom stereocenters. The number of hydrogen-bond donors (Lipinski definition) is 1. The van der Waals surface area contributed by atoms with Crippen molar-refractivity contribution >= 4 is 12.2 Å². The highest BCUT2D eigenvalue weighted by molar-refractivity contribution is 7.71. The van der Waals surface area contributed by atoms with E-state index in [-0.39, 0.29) is 6.04 Å². The van der Waals surface area contributed by atoms with Crippen molar-refractivity contribution in [3.8, 4) is 0 Å². The van der Waals surface area contributed by atoms with Gasteiger partial charge in [-0.2, -0.15) is 5.10 Å². The van der Waals surface area contributed by atoms with Gasteiger partial charge in [-0.3, -0.25) is 9.67 Å². The van der Waals surface area contributed by atoms with Gasteiger partial charge in [-0.15, -0.1) is 0 Å². The van der Waals surface area contributed by atoms with Crippen LogP contribution < -0.4 is 0 Å². The third-order valence-corrected chi connectivity index (χ3v) is 3.21. The first-order valence-electron chi connectivity index (χ1n) is 5.94. The van der Waals surface area contributed by atoms with E-state index in [1.807, 2.05) is 6.07 Å². The van der Waals surface area contributed by atoms with Crippen LogP contribution in [0.3, 0.4) is 0 Å². The summed E-state index contributed by atoms with van der Waals surface area (Å²) < 4.78 is 2.80. The van der Waals surface area contributed by atoms with E-state index < -0.39 is 0 Å². The second-order valence-corrected chi connectivity index (χ2v) is 4.54. The summed E-state index contributed by atoms with van der Waals surface area (Å²) in [6, 6.07) is 10.6. The molecule has 0 saturated carbocycles. The van der Waals surface area contributed by atoms with E-state index in [9.17, 15) is 0 Å². The molecule has 0 saturated heterocycles. The van der Waals surface area contributed by atoms with Gasteiger partial charge in [-0.1, -0.05) is 37.3 Å². The summed E-state index contributed by atoms with van der Waals surface area (Å²) in [5, 5.41) is 7.19. The van der Waals surface area contributed by atoms with E-state index in [1.165, 1.54) is 5.56 Å². The van der Waals surface area contributed by atoms with Crippen LogP contribution in [0.4, 0.5) is 0 Å². The Kier molecular flexibility index (Phi) is 3.74. The van der Waals surface area contributed by atoms with Gasteiger partial charge >= 0.3 is 0 Å². The third-order valence-electron chi connectivity index (χ3n) is 2.92. The van der Waals surface area contributed by atoms with Crippen LogP contribution in [0, 0.1) is 4.77 Å². The summed E-state index contributed by atoms with van der Waals surface area (Å²) in [5.41, 5.74) is 1.25. The number of aryl methyl sites for hydroxylation is 1. The van der Waals surface area contributed by atoms with Crippen LogP contribution >= 0.6 is 12.2 Å². The molecular weight excluding hydrogens is 230 g/mol. The minimum atomic E-state index is 0.226. The summed E-state index contributed by atoms with van der Waals surface area (Å²) in [5.74, 6) is 1.04. The van der Waals surface area contributed by atoms with Crippen molar-refractivity contribution in [3.63, 3.8) is 0 Å². The van der Waals surface area contributed by atoms with E-state index in [2.05, 4.69) is 52.9 Å². The van der Waals surface area contributed by atoms with Crippen LogP contribution in [0.1, 0.15) is 37.7 Å². The average Bonchev–Trinajstić information content (AvgIpc) is 2.71. The summed E-state index contributed by atoms with van der Waals surface area (Å²) in [4.78, 5) is 0. The lowest BCUT2D eigenvalue weighted by molar-refractivity contribution is 0.589. The number of H-pyrrole nitrogens is 1. The van der Waals surface area contributed by atoms with Crippen LogP contribution in [-0.4, -0.2) is 14.8 Å². The zero-order valence-corrected chi connectivity index (χ0v) is 11.0. The van der Waals surface area contributed by atoms with E-state index in [1.54, 1.807) is 0 Å². The van der Waals surface area contributed by atoms with Crippen LogP contribution in [0.2, 0.25) is 0 Å². The third kappa shape index (κ3) is 2.47. The Balaban J connectivity index is 2.40. The normalized spacial score (nSPS) is 12.6. The molecule has 2 rings (SSSR count). The van der Waals surface area contributed by atoms with Gasteiger partial charge in [0.2, 0.25) is 0 Å². The molecule has 2 aromatic rings. The highest BCUT2D eigenvalue weighted by Gasteiger charge is 2.13. The Morgan fingerprint density at radius 2 is 2.06 bits per heavy atom. The summed E-state index contributed by atoms with van der Waals surface area (Å²) in [6.07, 6.45) is 2.02. The van der Waals surface area contributed by atoms with Gasteiger partial charge in [0.05, 0.1) is 6.04 Å². The zero-order valence-electron chi connectivity index (χ0n) is 10.2. The predicted octanol–water partition coefficient (Wildman–Crippen LogP) is 3.50. The molecule has 1 aromatic heterocycles. The maximum atomic E-state index is 5.31. The van der Waals surface area contributed by atoms with Crippen molar-refractivity contribution in [3.05, 3.63) is 46.5 Å². The number of nitrogens with one attached hydrogen (secondary N) is 1. The molecule has 0 aliphatic carbocycles. The molecule has 0 spiro atoms. The molecule has 90 valence electrons. The molecule has 0 radical (unpaired) electrons. The Morgan fingerprint density at radius 3 is 2.71 bits per heavy atom. The minimum Gasteiger partial charge on any atom is -0.297 e. The molecule has 0 aliphatic rings. The molecule has 1 aromatic carbocycles. The topological polar surface area (TPSA) is 33.6 Å². The predicted molar refractivity (Wildman–Crippen MR) is 71.7 cm³/mol. The molecule has 17 heavy (non-hydrogen) atoms. The largest absolute Gasteiger partial charge is 0.297 e. The number of rotatable bonds is 4. The van der Waals surface area contributed by atoms with Crippen LogP contribution in [0.5, 0.6) is 0 Å². The fraction of sp³-hybridized carbons (Fsp3) is 0.385. The van der Waals surface area contributed by atoms with E-state index in [4.69, 9.17) is 12.2 Å². The maximum absolute atomic E-state index is 5.31. The number of aromatic amines is 1. The second kappa shape index (κ2) is 5.27. The minimum absolute atomic E-state index is 0.226. The highest BCUT2D eigenvalue weighted by Crippen LogP contribution is 2.19. The van der Waals surface area contributed by atoms with Crippen molar-refractivity contribution in [2.75, 3.05) is 0 Å². The number of nitrogens with zero attached hydrogens (tertiary/aromatic N) is 2. The van der Waals surface area contributed by atoms with Crippen LogP contribution in [0.25, 0.3) is 0 Å². The Hall–Kier alpha value is -1.42. The standard InChI is InChI=1S/C13H17N3S/c1-3-7-12-14-15-13(17)16(12)10(2)11-8-5-4-6-9-11/h4-6,8-10H,3,7H2,1-2H3,(H,15,17). The molecule has 0 amide bonds. The SMILES string of the molecule is CCCc1n[nH]c(=S)n1C(C)c1ccccc1. The van der Waals surface area contributed by atoms with Gasteiger partial charge in [0.25, 0.3) is 0 Å². The first kappa shape index (κ1) is 12.0. The molecular formula is C13H17N3S. The fourth-order valence-electron chi connectivity index (χ4n) is 2.02. The Morgan fingerprint density at radius 1 is 1.35 bits per heavy atom. The smallest absolute Gasteiger partial charge is 0.195 e. The van der Waals surface area contributed by atoms with Gasteiger partial charge in [0.1, 0.15) is 5.82 Å². The molecule has 4 heteroatoms. The van der Waals surface area contributed by atoms with Gasteiger partial charge in [-0.05, 0) is 31.1 Å². The molecule has 0 fully saturated rings. The van der Waals surface area contributed by atoms with E-state index >= 15 is 0 Å². The quantitative estimate of drug-likeness (QED) is 0.839. The number of aromatic nitrogens is 3. The van der Waals surface area contributed by atoms with Crippen molar-refractivity contribution in [2.24, 2.45) is 0 Å². The summed E-state index contributed by atoms with van der Waals surface area (Å²) >= 11 is 5.31. The average molecular weight is 247 g/mol. The molecule has 0 bridgehead atoms. The molecule has 1 unspecified atom stereocenters. The number of benzene rings is 1. The van der Waals surface area contributed by atoms with Gasteiger partial charge < -0.3 is 0 Å². The van der Waals surface area contributed by atoms with Crippen molar-refractivity contribution < 1.29 is 0 Å². The molecule has 3 nitrogen and oxygen atoms in total. The van der Waals surface area contributed by atoms with Gasteiger partial charge in [-0.25, -0.2) is 0 Å². The van der Waals surface area contributed by atoms with E-state index in [0.717, 1.165) is 18.7 Å². The summed E-state index contributed by atoms with van der Waals surface area (Å²) in [7, 11) is 0. The van der Waals surface area contributed by atoms with Crippen LogP contribution in [0.15, 0.2) is 30.3 Å². The monoisotopic (exact) mass is 247 g/mol. The molecule has 1 N–H and O–H groups in total. The van der Waals surface area contributed by atoms with Crippen molar-refractivity contribution in [1.29, 1.82) is 0 Å². The second-order valence-electron chi connectivity index (χ2n) is 4.15. The fourth-order valence-corrected chi connectivity index (χ4v) is 2.33. The lowest BCUT2D eigenvalue weighted by Gasteiger charge is -2.15. The van der Waals surface area contributed by atoms with E-state index in [0.29, 0.717) is 4.77 Å². The first-order valence-corrected chi connectivity index (χ1v) is 6.35. The van der Waals surface area contributed by atoms with Crippen LogP contribution in [-0.2, 0) is 6.42 Å². The number of hydrogen-bond acceptors (Lipinski definition) is 2. The van der Waals surface area contributed by atoms with Gasteiger partial charge in [0.15, 0.2) is 4.77 Å². The Labute approximate surface area is 106 Å². The maximum Gasteiger partial charge on any atom is 0.195 e. The Bertz CT molecular complexity index is 527. The van der Waals surface area contributed by atoms with Crippen molar-refractivity contribution in [1.82, 2.24) is 14.8 Å². The zero-order chi connectivity index (χ0) is 12.3.